The molecule has 88 valence electrons. The highest BCUT2D eigenvalue weighted by atomic mass is 79.9. The van der Waals surface area contributed by atoms with Crippen molar-refractivity contribution in [2.75, 3.05) is 20.3 Å². The van der Waals surface area contributed by atoms with Gasteiger partial charge in [-0.1, -0.05) is 27.5 Å². The monoisotopic (exact) mass is 305 g/mol. The van der Waals surface area contributed by atoms with E-state index in [2.05, 4.69) is 21.2 Å². The Morgan fingerprint density at radius 1 is 1.50 bits per heavy atom. The maximum absolute atomic E-state index is 11.6. The van der Waals surface area contributed by atoms with Crippen molar-refractivity contribution in [3.05, 3.63) is 34.9 Å². The van der Waals surface area contributed by atoms with Crippen LogP contribution in [0.3, 0.4) is 0 Å². The first-order valence-corrected chi connectivity index (χ1v) is 6.09. The second kappa shape index (κ2) is 6.89. The summed E-state index contributed by atoms with van der Waals surface area (Å²) in [6.45, 7) is 1.08. The molecule has 0 aliphatic heterocycles. The van der Waals surface area contributed by atoms with Gasteiger partial charge >= 0.3 is 0 Å². The zero-order valence-electron chi connectivity index (χ0n) is 8.87. The number of amides is 1. The van der Waals surface area contributed by atoms with Gasteiger partial charge in [0.2, 0.25) is 0 Å². The summed E-state index contributed by atoms with van der Waals surface area (Å²) in [7, 11) is 1.62. The normalized spacial score (nSPS) is 12.2. The van der Waals surface area contributed by atoms with Gasteiger partial charge in [0.15, 0.2) is 0 Å². The largest absolute Gasteiger partial charge is 0.383 e. The summed E-state index contributed by atoms with van der Waals surface area (Å²) in [5.74, 6) is -0.114. The fraction of sp³-hybridized carbons (Fsp3) is 0.364. The molecule has 1 aromatic carbocycles. The first-order chi connectivity index (χ1) is 7.63. The third-order valence-electron chi connectivity index (χ3n) is 1.94. The molecule has 0 saturated carbocycles. The summed E-state index contributed by atoms with van der Waals surface area (Å²) in [4.78, 5) is 11.8. The lowest BCUT2D eigenvalue weighted by Gasteiger charge is -2.10. The number of nitrogens with one attached hydrogen (secondary N) is 1. The van der Waals surface area contributed by atoms with Gasteiger partial charge in [-0.25, -0.2) is 0 Å². The number of ether oxygens (including phenoxy) is 1. The average Bonchev–Trinajstić information content (AvgIpc) is 2.27. The summed E-state index contributed by atoms with van der Waals surface area (Å²) in [5.41, 5.74) is 0.599. The molecule has 0 aliphatic carbocycles. The Hall–Kier alpha value is -0.580. The third kappa shape index (κ3) is 4.51. The third-order valence-corrected chi connectivity index (χ3v) is 2.78. The summed E-state index contributed by atoms with van der Waals surface area (Å²) in [6.07, 6.45) is 0. The van der Waals surface area contributed by atoms with Gasteiger partial charge in [0, 0.05) is 24.2 Å². The van der Waals surface area contributed by atoms with Gasteiger partial charge in [-0.3, -0.25) is 4.79 Å². The van der Waals surface area contributed by atoms with Crippen LogP contribution in [0.4, 0.5) is 0 Å². The number of rotatable bonds is 5. The minimum atomic E-state index is -0.114. The van der Waals surface area contributed by atoms with Gasteiger partial charge in [-0.2, -0.15) is 0 Å². The maximum Gasteiger partial charge on any atom is 0.251 e. The van der Waals surface area contributed by atoms with E-state index in [1.165, 1.54) is 0 Å². The predicted molar refractivity (Wildman–Crippen MR) is 68.4 cm³/mol. The molecule has 0 radical (unpaired) electrons. The molecule has 16 heavy (non-hydrogen) atoms. The molecule has 1 amide bonds. The van der Waals surface area contributed by atoms with E-state index in [0.717, 1.165) is 0 Å². The number of benzene rings is 1. The Morgan fingerprint density at radius 2 is 2.12 bits per heavy atom. The van der Waals surface area contributed by atoms with Crippen LogP contribution in [-0.4, -0.2) is 31.0 Å². The van der Waals surface area contributed by atoms with Gasteiger partial charge in [0.25, 0.3) is 5.91 Å². The van der Waals surface area contributed by atoms with Gasteiger partial charge in [-0.05, 0) is 24.3 Å². The van der Waals surface area contributed by atoms with Crippen LogP contribution in [0, 0.1) is 0 Å². The molecule has 0 fully saturated rings. The summed E-state index contributed by atoms with van der Waals surface area (Å²) >= 11 is 9.12. The highest BCUT2D eigenvalue weighted by Gasteiger charge is 2.08. The Morgan fingerprint density at radius 3 is 2.69 bits per heavy atom. The van der Waals surface area contributed by atoms with Crippen molar-refractivity contribution in [1.29, 1.82) is 0 Å². The van der Waals surface area contributed by atoms with Gasteiger partial charge < -0.3 is 10.1 Å². The number of hydrogen-bond acceptors (Lipinski definition) is 2. The molecule has 1 rings (SSSR count). The maximum atomic E-state index is 11.6. The number of carbonyl (C=O) groups is 1. The van der Waals surface area contributed by atoms with Crippen molar-refractivity contribution in [2.24, 2.45) is 0 Å². The van der Waals surface area contributed by atoms with Crippen LogP contribution in [0.5, 0.6) is 0 Å². The fourth-order valence-corrected chi connectivity index (χ4v) is 1.70. The molecule has 0 heterocycles. The minimum Gasteiger partial charge on any atom is -0.383 e. The van der Waals surface area contributed by atoms with Crippen LogP contribution >= 0.6 is 27.5 Å². The number of alkyl halides is 1. The summed E-state index contributed by atoms with van der Waals surface area (Å²) in [6, 6.07) is 6.77. The lowest BCUT2D eigenvalue weighted by Crippen LogP contribution is -2.31. The lowest BCUT2D eigenvalue weighted by molar-refractivity contribution is 0.0950. The van der Waals surface area contributed by atoms with Crippen molar-refractivity contribution in [1.82, 2.24) is 5.32 Å². The van der Waals surface area contributed by atoms with E-state index in [-0.39, 0.29) is 10.7 Å². The first kappa shape index (κ1) is 13.5. The second-order valence-corrected chi connectivity index (χ2v) is 5.00. The standard InChI is InChI=1S/C11H13BrClNO2/c1-16-7-9(12)6-14-11(15)8-2-4-10(13)5-3-8/h2-5,9H,6-7H2,1H3,(H,14,15). The van der Waals surface area contributed by atoms with E-state index >= 15 is 0 Å². The lowest BCUT2D eigenvalue weighted by atomic mass is 10.2. The number of hydrogen-bond donors (Lipinski definition) is 1. The van der Waals surface area contributed by atoms with Crippen LogP contribution in [0.1, 0.15) is 10.4 Å². The van der Waals surface area contributed by atoms with Crippen molar-refractivity contribution in [3.8, 4) is 0 Å². The quantitative estimate of drug-likeness (QED) is 0.849. The first-order valence-electron chi connectivity index (χ1n) is 4.80. The van der Waals surface area contributed by atoms with Crippen LogP contribution in [0.15, 0.2) is 24.3 Å². The van der Waals surface area contributed by atoms with Gasteiger partial charge in [0.1, 0.15) is 0 Å². The molecular weight excluding hydrogens is 293 g/mol. The number of carbonyl (C=O) groups excluding carboxylic acids is 1. The highest BCUT2D eigenvalue weighted by molar-refractivity contribution is 9.09. The molecule has 5 heteroatoms. The van der Waals surface area contributed by atoms with E-state index in [4.69, 9.17) is 16.3 Å². The van der Waals surface area contributed by atoms with Crippen LogP contribution in [0.25, 0.3) is 0 Å². The van der Waals surface area contributed by atoms with Crippen LogP contribution in [-0.2, 0) is 4.74 Å². The van der Waals surface area contributed by atoms with Gasteiger partial charge in [-0.15, -0.1) is 0 Å². The van der Waals surface area contributed by atoms with Crippen molar-refractivity contribution in [3.63, 3.8) is 0 Å². The van der Waals surface area contributed by atoms with E-state index in [0.29, 0.717) is 23.7 Å². The Labute approximate surface area is 108 Å². The number of methoxy groups -OCH3 is 1. The summed E-state index contributed by atoms with van der Waals surface area (Å²) in [5, 5.41) is 3.41. The molecule has 0 saturated heterocycles. The second-order valence-electron chi connectivity index (χ2n) is 3.27. The molecule has 0 bridgehead atoms. The van der Waals surface area contributed by atoms with Crippen molar-refractivity contribution >= 4 is 33.4 Å². The molecule has 1 atom stereocenters. The van der Waals surface area contributed by atoms with E-state index in [9.17, 15) is 4.79 Å². The Kier molecular flexibility index (Phi) is 5.80. The zero-order chi connectivity index (χ0) is 12.0. The van der Waals surface area contributed by atoms with Crippen molar-refractivity contribution < 1.29 is 9.53 Å². The fourth-order valence-electron chi connectivity index (χ4n) is 1.15. The SMILES string of the molecule is COCC(Br)CNC(=O)c1ccc(Cl)cc1. The molecular formula is C11H13BrClNO2. The Balaban J connectivity index is 2.43. The van der Waals surface area contributed by atoms with Crippen LogP contribution < -0.4 is 5.32 Å². The number of halogens is 2. The molecule has 0 spiro atoms. The van der Waals surface area contributed by atoms with Crippen molar-refractivity contribution in [2.45, 2.75) is 4.83 Å². The molecule has 3 nitrogen and oxygen atoms in total. The van der Waals surface area contributed by atoms with Crippen LogP contribution in [0.2, 0.25) is 5.02 Å². The minimum absolute atomic E-state index is 0.114. The van der Waals surface area contributed by atoms with E-state index in [1.54, 1.807) is 31.4 Å². The topological polar surface area (TPSA) is 38.3 Å². The van der Waals surface area contributed by atoms with E-state index in [1.807, 2.05) is 0 Å². The molecule has 0 aromatic heterocycles. The molecule has 1 N–H and O–H groups in total. The van der Waals surface area contributed by atoms with E-state index < -0.39 is 0 Å². The smallest absolute Gasteiger partial charge is 0.251 e. The average molecular weight is 307 g/mol. The summed E-state index contributed by atoms with van der Waals surface area (Å²) < 4.78 is 4.94. The molecule has 1 aromatic rings. The molecule has 0 aliphatic rings. The Bertz CT molecular complexity index is 342. The molecule has 1 unspecified atom stereocenters. The highest BCUT2D eigenvalue weighted by Crippen LogP contribution is 2.09. The van der Waals surface area contributed by atoms with Gasteiger partial charge in [0.05, 0.1) is 11.4 Å². The predicted octanol–water partition coefficient (Wildman–Crippen LogP) is 2.48. The zero-order valence-corrected chi connectivity index (χ0v) is 11.2.